The summed E-state index contributed by atoms with van der Waals surface area (Å²) in [6.45, 7) is 4.58. The molecule has 3 amide bonds. The van der Waals surface area contributed by atoms with Crippen LogP contribution in [0.4, 0.5) is 0 Å². The average molecular weight is 358 g/mol. The first-order chi connectivity index (χ1) is 11.6. The van der Waals surface area contributed by atoms with E-state index in [2.05, 4.69) is 10.6 Å². The second-order valence-electron chi connectivity index (χ2n) is 6.27. The molecule has 1 rings (SSSR count). The number of carboxylic acids is 1. The second kappa shape index (κ2) is 8.77. The zero-order valence-corrected chi connectivity index (χ0v) is 14.6. The lowest BCUT2D eigenvalue weighted by molar-refractivity contribution is -0.145. The third-order valence-electron chi connectivity index (χ3n) is 4.03. The second-order valence-corrected chi connectivity index (χ2v) is 6.27. The molecular formula is C15H26N4O6. The molecule has 5 unspecified atom stereocenters. The number of carbonyl (C=O) groups is 4. The highest BCUT2D eigenvalue weighted by molar-refractivity contribution is 5.94. The summed E-state index contributed by atoms with van der Waals surface area (Å²) in [4.78, 5) is 48.8. The first-order valence-electron chi connectivity index (χ1n) is 8.14. The minimum Gasteiger partial charge on any atom is -0.480 e. The highest BCUT2D eigenvalue weighted by atomic mass is 16.4. The van der Waals surface area contributed by atoms with E-state index < -0.39 is 48.1 Å². The molecule has 5 atom stereocenters. The highest BCUT2D eigenvalue weighted by Crippen LogP contribution is 2.18. The number of rotatable bonds is 7. The Kier molecular flexibility index (Phi) is 7.31. The zero-order chi connectivity index (χ0) is 19.3. The van der Waals surface area contributed by atoms with Gasteiger partial charge in [0.15, 0.2) is 6.04 Å². The molecule has 6 N–H and O–H groups in total. The van der Waals surface area contributed by atoms with Crippen molar-refractivity contribution in [2.75, 3.05) is 6.54 Å². The molecule has 0 bridgehead atoms. The smallest absolute Gasteiger partial charge is 0.328 e. The van der Waals surface area contributed by atoms with Gasteiger partial charge in [0.05, 0.1) is 12.1 Å². The van der Waals surface area contributed by atoms with E-state index >= 15 is 0 Å². The zero-order valence-electron chi connectivity index (χ0n) is 14.6. The van der Waals surface area contributed by atoms with Gasteiger partial charge in [-0.25, -0.2) is 4.79 Å². The van der Waals surface area contributed by atoms with E-state index in [1.165, 1.54) is 25.7 Å². The fourth-order valence-electron chi connectivity index (χ4n) is 2.61. The van der Waals surface area contributed by atoms with Gasteiger partial charge < -0.3 is 31.5 Å². The van der Waals surface area contributed by atoms with Gasteiger partial charge in [-0.15, -0.1) is 0 Å². The first-order valence-corrected chi connectivity index (χ1v) is 8.14. The molecule has 0 aromatic rings. The van der Waals surface area contributed by atoms with Crippen molar-refractivity contribution in [3.8, 4) is 0 Å². The monoisotopic (exact) mass is 358 g/mol. The minimum atomic E-state index is -1.48. The van der Waals surface area contributed by atoms with Crippen LogP contribution in [0.1, 0.15) is 33.6 Å². The lowest BCUT2D eigenvalue weighted by Crippen LogP contribution is -2.56. The Morgan fingerprint density at radius 2 is 1.76 bits per heavy atom. The molecule has 0 radical (unpaired) electrons. The molecule has 142 valence electrons. The largest absolute Gasteiger partial charge is 0.480 e. The number of nitrogens with two attached hydrogens (primary N) is 1. The number of nitrogens with one attached hydrogen (secondary N) is 2. The Balaban J connectivity index is 2.67. The van der Waals surface area contributed by atoms with Crippen LogP contribution in [-0.2, 0) is 19.2 Å². The number of hydrogen-bond acceptors (Lipinski definition) is 6. The standard InChI is InChI=1S/C15H26N4O6/c1-7(16)14(23)19-6-4-5-10(19)13(22)17-8(2)12(21)18-11(9(3)20)15(24)25/h7-11,20H,4-6,16H2,1-3H3,(H,17,22)(H,18,21)(H,24,25). The maximum atomic E-state index is 12.4. The summed E-state index contributed by atoms with van der Waals surface area (Å²) in [6.07, 6.45) is -0.178. The number of nitrogens with zero attached hydrogens (tertiary/aromatic N) is 1. The van der Waals surface area contributed by atoms with Crippen LogP contribution in [0.5, 0.6) is 0 Å². The van der Waals surface area contributed by atoms with Crippen molar-refractivity contribution >= 4 is 23.7 Å². The molecule has 0 spiro atoms. The van der Waals surface area contributed by atoms with Crippen LogP contribution in [0.15, 0.2) is 0 Å². The Morgan fingerprint density at radius 3 is 2.24 bits per heavy atom. The van der Waals surface area contributed by atoms with E-state index in [1.807, 2.05) is 0 Å². The predicted molar refractivity (Wildman–Crippen MR) is 87.2 cm³/mol. The van der Waals surface area contributed by atoms with Gasteiger partial charge in [-0.3, -0.25) is 14.4 Å². The molecule has 25 heavy (non-hydrogen) atoms. The summed E-state index contributed by atoms with van der Waals surface area (Å²) in [6, 6.07) is -3.94. The molecule has 1 fully saturated rings. The molecule has 0 saturated carbocycles. The molecule has 0 aromatic carbocycles. The van der Waals surface area contributed by atoms with Gasteiger partial charge in [0.2, 0.25) is 17.7 Å². The molecule has 10 nitrogen and oxygen atoms in total. The summed E-state index contributed by atoms with van der Waals surface area (Å²) in [5.41, 5.74) is 5.57. The van der Waals surface area contributed by atoms with E-state index in [1.54, 1.807) is 0 Å². The van der Waals surface area contributed by atoms with Crippen molar-refractivity contribution in [1.82, 2.24) is 15.5 Å². The summed E-state index contributed by atoms with van der Waals surface area (Å²) in [7, 11) is 0. The predicted octanol–water partition coefficient (Wildman–Crippen LogP) is -2.22. The lowest BCUT2D eigenvalue weighted by atomic mass is 10.1. The van der Waals surface area contributed by atoms with Gasteiger partial charge in [-0.05, 0) is 33.6 Å². The van der Waals surface area contributed by atoms with Crippen LogP contribution < -0.4 is 16.4 Å². The average Bonchev–Trinajstić information content (AvgIpc) is 2.99. The Hall–Kier alpha value is -2.20. The van der Waals surface area contributed by atoms with Crippen LogP contribution in [0, 0.1) is 0 Å². The first kappa shape index (κ1) is 20.8. The number of aliphatic carboxylic acids is 1. The molecule has 1 heterocycles. The topological polar surface area (TPSA) is 162 Å². The van der Waals surface area contributed by atoms with E-state index in [0.717, 1.165) is 0 Å². The van der Waals surface area contributed by atoms with Crippen molar-refractivity contribution in [3.05, 3.63) is 0 Å². The normalized spacial score (nSPS) is 21.8. The third-order valence-corrected chi connectivity index (χ3v) is 4.03. The molecule has 10 heteroatoms. The van der Waals surface area contributed by atoms with Gasteiger partial charge in [0.25, 0.3) is 0 Å². The Labute approximate surface area is 145 Å². The number of carbonyl (C=O) groups excluding carboxylic acids is 3. The van der Waals surface area contributed by atoms with Gasteiger partial charge in [-0.2, -0.15) is 0 Å². The van der Waals surface area contributed by atoms with Crippen molar-refractivity contribution < 1.29 is 29.4 Å². The maximum absolute atomic E-state index is 12.4. The van der Waals surface area contributed by atoms with E-state index in [0.29, 0.717) is 19.4 Å². The number of aliphatic hydroxyl groups is 1. The van der Waals surface area contributed by atoms with E-state index in [4.69, 9.17) is 10.8 Å². The fourth-order valence-corrected chi connectivity index (χ4v) is 2.61. The fraction of sp³-hybridized carbons (Fsp3) is 0.733. The van der Waals surface area contributed by atoms with E-state index in [-0.39, 0.29) is 5.91 Å². The van der Waals surface area contributed by atoms with Crippen molar-refractivity contribution in [2.24, 2.45) is 5.73 Å². The molecule has 0 aliphatic carbocycles. The Morgan fingerprint density at radius 1 is 1.16 bits per heavy atom. The van der Waals surface area contributed by atoms with Crippen LogP contribution in [0.25, 0.3) is 0 Å². The molecular weight excluding hydrogens is 332 g/mol. The van der Waals surface area contributed by atoms with Gasteiger partial charge in [-0.1, -0.05) is 0 Å². The third kappa shape index (κ3) is 5.40. The summed E-state index contributed by atoms with van der Waals surface area (Å²) < 4.78 is 0. The van der Waals surface area contributed by atoms with Gasteiger partial charge in [0.1, 0.15) is 12.1 Å². The summed E-state index contributed by atoms with van der Waals surface area (Å²) >= 11 is 0. The minimum absolute atomic E-state index is 0.338. The van der Waals surface area contributed by atoms with Gasteiger partial charge >= 0.3 is 5.97 Å². The van der Waals surface area contributed by atoms with Crippen molar-refractivity contribution in [1.29, 1.82) is 0 Å². The maximum Gasteiger partial charge on any atom is 0.328 e. The quantitative estimate of drug-likeness (QED) is 0.344. The van der Waals surface area contributed by atoms with E-state index in [9.17, 15) is 24.3 Å². The van der Waals surface area contributed by atoms with Crippen LogP contribution in [0.3, 0.4) is 0 Å². The number of amides is 3. The van der Waals surface area contributed by atoms with Gasteiger partial charge in [0, 0.05) is 6.54 Å². The number of hydrogen-bond donors (Lipinski definition) is 5. The summed E-state index contributed by atoms with van der Waals surface area (Å²) in [5, 5.41) is 23.0. The van der Waals surface area contributed by atoms with Crippen molar-refractivity contribution in [2.45, 2.75) is 63.9 Å². The lowest BCUT2D eigenvalue weighted by Gasteiger charge is -2.27. The van der Waals surface area contributed by atoms with Crippen LogP contribution >= 0.6 is 0 Å². The molecule has 1 aliphatic rings. The van der Waals surface area contributed by atoms with Crippen LogP contribution in [0.2, 0.25) is 0 Å². The molecule has 0 aromatic heterocycles. The van der Waals surface area contributed by atoms with Crippen molar-refractivity contribution in [3.63, 3.8) is 0 Å². The Bertz CT molecular complexity index is 536. The SMILES string of the molecule is CC(N)C(=O)N1CCCC1C(=O)NC(C)C(=O)NC(C(=O)O)C(C)O. The van der Waals surface area contributed by atoms with Crippen LogP contribution in [-0.4, -0.2) is 75.6 Å². The number of carboxylic acid groups (broad SMARTS) is 1. The highest BCUT2D eigenvalue weighted by Gasteiger charge is 2.36. The molecule has 1 saturated heterocycles. The molecule has 1 aliphatic heterocycles. The number of aliphatic hydroxyl groups excluding tert-OH is 1. The number of likely N-dealkylation sites (tertiary alicyclic amines) is 1. The summed E-state index contributed by atoms with van der Waals surface area (Å²) in [5.74, 6) is -2.97.